The van der Waals surface area contributed by atoms with E-state index in [-0.39, 0.29) is 12.5 Å². The molecule has 0 spiro atoms. The highest BCUT2D eigenvalue weighted by Gasteiger charge is 2.22. The summed E-state index contributed by atoms with van der Waals surface area (Å²) in [6.07, 6.45) is 0.856. The Morgan fingerprint density at radius 3 is 2.74 bits per heavy atom. The van der Waals surface area contributed by atoms with Crippen molar-refractivity contribution in [1.29, 1.82) is 0 Å². The standard InChI is InChI=1S/C20H19N3O3S/c1-12-13(2)22-17-9-14(3-4-16(17)21-12)20(25)26-11-19(24)23-7-5-18-15(10-23)6-8-27-18/h3-4,6,8-9H,5,7,10-11H2,1-2H3. The van der Waals surface area contributed by atoms with E-state index in [1.807, 2.05) is 25.3 Å². The van der Waals surface area contributed by atoms with Gasteiger partial charge in [-0.2, -0.15) is 0 Å². The van der Waals surface area contributed by atoms with Gasteiger partial charge in [-0.05, 0) is 55.5 Å². The second-order valence-electron chi connectivity index (χ2n) is 6.61. The second-order valence-corrected chi connectivity index (χ2v) is 7.61. The number of benzene rings is 1. The zero-order valence-electron chi connectivity index (χ0n) is 15.2. The van der Waals surface area contributed by atoms with E-state index in [9.17, 15) is 9.59 Å². The van der Waals surface area contributed by atoms with Crippen molar-refractivity contribution in [2.45, 2.75) is 26.8 Å². The smallest absolute Gasteiger partial charge is 0.338 e. The van der Waals surface area contributed by atoms with Crippen LogP contribution in [0.15, 0.2) is 29.6 Å². The SMILES string of the molecule is Cc1nc2ccc(C(=O)OCC(=O)N3CCc4sccc4C3)cc2nc1C. The first-order valence-electron chi connectivity index (χ1n) is 8.76. The quantitative estimate of drug-likeness (QED) is 0.652. The van der Waals surface area contributed by atoms with Crippen LogP contribution in [0.4, 0.5) is 0 Å². The fourth-order valence-corrected chi connectivity index (χ4v) is 4.01. The summed E-state index contributed by atoms with van der Waals surface area (Å²) in [4.78, 5) is 36.7. The molecular weight excluding hydrogens is 362 g/mol. The minimum Gasteiger partial charge on any atom is -0.452 e. The summed E-state index contributed by atoms with van der Waals surface area (Å²) in [5.41, 5.74) is 4.60. The highest BCUT2D eigenvalue weighted by atomic mass is 32.1. The lowest BCUT2D eigenvalue weighted by Crippen LogP contribution is -2.38. The van der Waals surface area contributed by atoms with Gasteiger partial charge in [-0.1, -0.05) is 0 Å². The third-order valence-electron chi connectivity index (χ3n) is 4.80. The summed E-state index contributed by atoms with van der Waals surface area (Å²) in [5.74, 6) is -0.703. The monoisotopic (exact) mass is 381 g/mol. The van der Waals surface area contributed by atoms with Gasteiger partial charge in [-0.15, -0.1) is 11.3 Å². The molecule has 0 saturated heterocycles. The maximum absolute atomic E-state index is 12.4. The largest absolute Gasteiger partial charge is 0.452 e. The molecule has 3 heterocycles. The van der Waals surface area contributed by atoms with Gasteiger partial charge in [0, 0.05) is 18.0 Å². The van der Waals surface area contributed by atoms with Crippen LogP contribution in [0.25, 0.3) is 11.0 Å². The van der Waals surface area contributed by atoms with Crippen molar-refractivity contribution in [1.82, 2.24) is 14.9 Å². The molecule has 0 atom stereocenters. The zero-order valence-corrected chi connectivity index (χ0v) is 16.0. The third-order valence-corrected chi connectivity index (χ3v) is 5.82. The summed E-state index contributed by atoms with van der Waals surface area (Å²) < 4.78 is 5.24. The van der Waals surface area contributed by atoms with E-state index in [2.05, 4.69) is 9.97 Å². The van der Waals surface area contributed by atoms with E-state index >= 15 is 0 Å². The lowest BCUT2D eigenvalue weighted by molar-refractivity contribution is -0.135. The summed E-state index contributed by atoms with van der Waals surface area (Å²) >= 11 is 1.72. The number of aromatic nitrogens is 2. The Balaban J connectivity index is 1.41. The maximum Gasteiger partial charge on any atom is 0.338 e. The molecule has 0 unspecified atom stereocenters. The number of carbonyl (C=O) groups excluding carboxylic acids is 2. The van der Waals surface area contributed by atoms with Gasteiger partial charge in [-0.3, -0.25) is 4.79 Å². The van der Waals surface area contributed by atoms with Crippen LogP contribution in [0.5, 0.6) is 0 Å². The molecule has 1 aromatic carbocycles. The number of hydrogen-bond acceptors (Lipinski definition) is 6. The maximum atomic E-state index is 12.4. The molecule has 1 aliphatic heterocycles. The molecule has 0 saturated carbocycles. The van der Waals surface area contributed by atoms with Gasteiger partial charge in [0.05, 0.1) is 28.0 Å². The Bertz CT molecular complexity index is 1040. The third kappa shape index (κ3) is 3.55. The van der Waals surface area contributed by atoms with Crippen LogP contribution in [0.2, 0.25) is 0 Å². The first-order valence-corrected chi connectivity index (χ1v) is 9.64. The first kappa shape index (κ1) is 17.6. The minimum absolute atomic E-state index is 0.174. The fraction of sp³-hybridized carbons (Fsp3) is 0.300. The van der Waals surface area contributed by atoms with Gasteiger partial charge in [0.1, 0.15) is 0 Å². The topological polar surface area (TPSA) is 72.4 Å². The predicted octanol–water partition coefficient (Wildman–Crippen LogP) is 3.05. The molecule has 4 rings (SSSR count). The number of ether oxygens (including phenoxy) is 1. The number of nitrogens with zero attached hydrogens (tertiary/aromatic N) is 3. The van der Waals surface area contributed by atoms with E-state index in [1.165, 1.54) is 10.4 Å². The predicted molar refractivity (Wildman–Crippen MR) is 103 cm³/mol. The van der Waals surface area contributed by atoms with Crippen molar-refractivity contribution in [2.75, 3.05) is 13.2 Å². The van der Waals surface area contributed by atoms with Gasteiger partial charge in [0.25, 0.3) is 5.91 Å². The summed E-state index contributed by atoms with van der Waals surface area (Å²) in [7, 11) is 0. The molecular formula is C20H19N3O3S. The summed E-state index contributed by atoms with van der Waals surface area (Å²) in [5, 5.41) is 2.05. The molecule has 0 radical (unpaired) electrons. The van der Waals surface area contributed by atoms with Crippen LogP contribution < -0.4 is 0 Å². The van der Waals surface area contributed by atoms with Gasteiger partial charge in [0.15, 0.2) is 6.61 Å². The molecule has 0 fully saturated rings. The van der Waals surface area contributed by atoms with Crippen LogP contribution in [0.3, 0.4) is 0 Å². The molecule has 7 heteroatoms. The molecule has 0 bridgehead atoms. The molecule has 6 nitrogen and oxygen atoms in total. The molecule has 3 aromatic rings. The molecule has 0 aliphatic carbocycles. The Hall–Kier alpha value is -2.80. The van der Waals surface area contributed by atoms with Crippen LogP contribution in [-0.2, 0) is 22.5 Å². The first-order chi connectivity index (χ1) is 13.0. The van der Waals surface area contributed by atoms with Crippen LogP contribution >= 0.6 is 11.3 Å². The van der Waals surface area contributed by atoms with Crippen molar-refractivity contribution < 1.29 is 14.3 Å². The number of hydrogen-bond donors (Lipinski definition) is 0. The molecule has 27 heavy (non-hydrogen) atoms. The molecule has 2 aromatic heterocycles. The van der Waals surface area contributed by atoms with Crippen molar-refractivity contribution in [2.24, 2.45) is 0 Å². The highest BCUT2D eigenvalue weighted by molar-refractivity contribution is 7.10. The van der Waals surface area contributed by atoms with Crippen molar-refractivity contribution >= 4 is 34.2 Å². The van der Waals surface area contributed by atoms with Gasteiger partial charge >= 0.3 is 5.97 Å². The average molecular weight is 381 g/mol. The molecule has 1 amide bonds. The molecule has 1 aliphatic rings. The number of fused-ring (bicyclic) bond motifs is 2. The second kappa shape index (κ2) is 7.08. The minimum atomic E-state index is -0.529. The van der Waals surface area contributed by atoms with Crippen LogP contribution in [0, 0.1) is 13.8 Å². The van der Waals surface area contributed by atoms with Crippen molar-refractivity contribution in [3.8, 4) is 0 Å². The molecule has 0 N–H and O–H groups in total. The van der Waals surface area contributed by atoms with E-state index in [0.29, 0.717) is 24.2 Å². The van der Waals surface area contributed by atoms with Gasteiger partial charge < -0.3 is 9.64 Å². The normalized spacial score (nSPS) is 13.5. The van der Waals surface area contributed by atoms with E-state index in [0.717, 1.165) is 23.3 Å². The lowest BCUT2D eigenvalue weighted by Gasteiger charge is -2.26. The number of rotatable bonds is 3. The molecule has 138 valence electrons. The number of esters is 1. The Kier molecular flexibility index (Phi) is 4.61. The Morgan fingerprint density at radius 1 is 1.15 bits per heavy atom. The number of thiophene rings is 1. The van der Waals surface area contributed by atoms with E-state index in [1.54, 1.807) is 34.4 Å². The Morgan fingerprint density at radius 2 is 1.93 bits per heavy atom. The van der Waals surface area contributed by atoms with Crippen molar-refractivity contribution in [3.63, 3.8) is 0 Å². The number of carbonyl (C=O) groups is 2. The lowest BCUT2D eigenvalue weighted by atomic mass is 10.1. The zero-order chi connectivity index (χ0) is 19.0. The van der Waals surface area contributed by atoms with Crippen molar-refractivity contribution in [3.05, 3.63) is 57.0 Å². The van der Waals surface area contributed by atoms with E-state index in [4.69, 9.17) is 4.74 Å². The fourth-order valence-electron chi connectivity index (χ4n) is 3.12. The van der Waals surface area contributed by atoms with Crippen LogP contribution in [0.1, 0.15) is 32.2 Å². The number of amides is 1. The average Bonchev–Trinajstić information content (AvgIpc) is 3.14. The van der Waals surface area contributed by atoms with Gasteiger partial charge in [-0.25, -0.2) is 14.8 Å². The number of aryl methyl sites for hydroxylation is 2. The summed E-state index contributed by atoms with van der Waals surface area (Å²) in [6, 6.07) is 7.10. The van der Waals surface area contributed by atoms with Crippen LogP contribution in [-0.4, -0.2) is 39.9 Å². The summed E-state index contributed by atoms with van der Waals surface area (Å²) in [6.45, 7) is 4.76. The van der Waals surface area contributed by atoms with Gasteiger partial charge in [0.2, 0.25) is 0 Å². The highest BCUT2D eigenvalue weighted by Crippen LogP contribution is 2.24. The van der Waals surface area contributed by atoms with E-state index < -0.39 is 5.97 Å². The Labute approximate surface area is 160 Å².